The number of rotatable bonds is 6. The maximum atomic E-state index is 11.6. The highest BCUT2D eigenvalue weighted by Gasteiger charge is 2.42. The van der Waals surface area contributed by atoms with Crippen LogP contribution < -0.4 is 10.6 Å². The molecule has 0 heterocycles. The maximum absolute atomic E-state index is 11.6. The Bertz CT molecular complexity index is 274. The molecule has 1 fully saturated rings. The van der Waals surface area contributed by atoms with Gasteiger partial charge in [-0.05, 0) is 31.6 Å². The maximum Gasteiger partial charge on any atom is 0.242 e. The van der Waals surface area contributed by atoms with Crippen LogP contribution in [0.1, 0.15) is 33.1 Å². The third-order valence-electron chi connectivity index (χ3n) is 3.05. The zero-order valence-corrected chi connectivity index (χ0v) is 9.88. The standard InChI is InChI=1S/C11H20N2O3/c1-8(13-9(2)15)10(16)12-7-11(3-4-11)5-6-14/h8,14H,3-7H2,1-2H3,(H,12,16)(H,13,15). The molecule has 1 atom stereocenters. The van der Waals surface area contributed by atoms with Crippen molar-refractivity contribution in [3.8, 4) is 0 Å². The molecular weight excluding hydrogens is 208 g/mol. The van der Waals surface area contributed by atoms with E-state index in [0.717, 1.165) is 19.3 Å². The number of amides is 2. The third kappa shape index (κ3) is 3.81. The Morgan fingerprint density at radius 3 is 2.50 bits per heavy atom. The van der Waals surface area contributed by atoms with Gasteiger partial charge in [0.1, 0.15) is 6.04 Å². The van der Waals surface area contributed by atoms with E-state index in [1.807, 2.05) is 0 Å². The minimum atomic E-state index is -0.498. The fourth-order valence-corrected chi connectivity index (χ4v) is 1.73. The second-order valence-corrected chi connectivity index (χ2v) is 4.61. The molecule has 1 aliphatic carbocycles. The predicted octanol–water partition coefficient (Wildman–Crippen LogP) is -0.210. The van der Waals surface area contributed by atoms with Gasteiger partial charge in [-0.15, -0.1) is 0 Å². The number of carbonyl (C=O) groups excluding carboxylic acids is 2. The average Bonchev–Trinajstić information content (AvgIpc) is 2.94. The van der Waals surface area contributed by atoms with E-state index in [4.69, 9.17) is 5.11 Å². The third-order valence-corrected chi connectivity index (χ3v) is 3.05. The highest BCUT2D eigenvalue weighted by Crippen LogP contribution is 2.47. The average molecular weight is 228 g/mol. The Labute approximate surface area is 95.6 Å². The number of nitrogens with one attached hydrogen (secondary N) is 2. The highest BCUT2D eigenvalue weighted by molar-refractivity contribution is 5.86. The molecule has 0 aliphatic heterocycles. The minimum absolute atomic E-state index is 0.111. The van der Waals surface area contributed by atoms with Crippen LogP contribution in [0.2, 0.25) is 0 Å². The van der Waals surface area contributed by atoms with Crippen molar-refractivity contribution in [3.63, 3.8) is 0 Å². The van der Waals surface area contributed by atoms with Crippen LogP contribution in [0.25, 0.3) is 0 Å². The van der Waals surface area contributed by atoms with Crippen LogP contribution in [-0.4, -0.2) is 36.1 Å². The van der Waals surface area contributed by atoms with Crippen LogP contribution in [0.15, 0.2) is 0 Å². The largest absolute Gasteiger partial charge is 0.396 e. The van der Waals surface area contributed by atoms with Gasteiger partial charge in [0, 0.05) is 20.1 Å². The van der Waals surface area contributed by atoms with Gasteiger partial charge in [0.05, 0.1) is 0 Å². The van der Waals surface area contributed by atoms with Crippen molar-refractivity contribution < 1.29 is 14.7 Å². The molecule has 3 N–H and O–H groups in total. The fraction of sp³-hybridized carbons (Fsp3) is 0.818. The van der Waals surface area contributed by atoms with E-state index in [2.05, 4.69) is 10.6 Å². The van der Waals surface area contributed by atoms with E-state index in [0.29, 0.717) is 6.54 Å². The number of hydrogen-bond donors (Lipinski definition) is 3. The monoisotopic (exact) mass is 228 g/mol. The number of hydrogen-bond acceptors (Lipinski definition) is 3. The smallest absolute Gasteiger partial charge is 0.242 e. The van der Waals surface area contributed by atoms with Crippen LogP contribution in [0.3, 0.4) is 0 Å². The zero-order chi connectivity index (χ0) is 12.2. The Morgan fingerprint density at radius 1 is 1.44 bits per heavy atom. The fourth-order valence-electron chi connectivity index (χ4n) is 1.73. The van der Waals surface area contributed by atoms with Crippen molar-refractivity contribution in [2.24, 2.45) is 5.41 Å². The summed E-state index contributed by atoms with van der Waals surface area (Å²) in [6.45, 7) is 3.80. The molecule has 0 aromatic rings. The minimum Gasteiger partial charge on any atom is -0.396 e. The van der Waals surface area contributed by atoms with Crippen LogP contribution in [0, 0.1) is 5.41 Å². The van der Waals surface area contributed by atoms with Gasteiger partial charge in [-0.1, -0.05) is 0 Å². The summed E-state index contributed by atoms with van der Waals surface area (Å²) in [6, 6.07) is -0.498. The Balaban J connectivity index is 2.27. The Hall–Kier alpha value is -1.10. The second kappa shape index (κ2) is 5.30. The molecule has 0 radical (unpaired) electrons. The van der Waals surface area contributed by atoms with E-state index >= 15 is 0 Å². The van der Waals surface area contributed by atoms with Gasteiger partial charge in [0.2, 0.25) is 11.8 Å². The van der Waals surface area contributed by atoms with Crippen molar-refractivity contribution in [2.45, 2.75) is 39.2 Å². The van der Waals surface area contributed by atoms with Gasteiger partial charge in [-0.25, -0.2) is 0 Å². The lowest BCUT2D eigenvalue weighted by molar-refractivity contribution is -0.127. The van der Waals surface area contributed by atoms with Crippen molar-refractivity contribution >= 4 is 11.8 Å². The zero-order valence-electron chi connectivity index (χ0n) is 9.88. The molecule has 0 saturated heterocycles. The molecule has 0 aromatic heterocycles. The van der Waals surface area contributed by atoms with Gasteiger partial charge in [0.25, 0.3) is 0 Å². The summed E-state index contributed by atoms with van der Waals surface area (Å²) in [6.07, 6.45) is 2.85. The highest BCUT2D eigenvalue weighted by atomic mass is 16.3. The summed E-state index contributed by atoms with van der Waals surface area (Å²) in [5.41, 5.74) is 0.111. The molecule has 1 unspecified atom stereocenters. The Morgan fingerprint density at radius 2 is 2.06 bits per heavy atom. The first kappa shape index (κ1) is 13.0. The first-order chi connectivity index (χ1) is 7.49. The quantitative estimate of drug-likeness (QED) is 0.588. The molecule has 2 amide bonds. The van der Waals surface area contributed by atoms with Crippen molar-refractivity contribution in [1.29, 1.82) is 0 Å². The second-order valence-electron chi connectivity index (χ2n) is 4.61. The molecular formula is C11H20N2O3. The summed E-state index contributed by atoms with van der Waals surface area (Å²) in [5, 5.41) is 14.2. The number of aliphatic hydroxyl groups is 1. The SMILES string of the molecule is CC(=O)NC(C)C(=O)NCC1(CCO)CC1. The van der Waals surface area contributed by atoms with E-state index in [-0.39, 0.29) is 23.8 Å². The van der Waals surface area contributed by atoms with Gasteiger partial charge >= 0.3 is 0 Å². The van der Waals surface area contributed by atoms with Crippen LogP contribution in [0.4, 0.5) is 0 Å². The lowest BCUT2D eigenvalue weighted by atomic mass is 10.0. The van der Waals surface area contributed by atoms with Gasteiger partial charge in [0.15, 0.2) is 0 Å². The molecule has 0 bridgehead atoms. The van der Waals surface area contributed by atoms with Gasteiger partial charge in [-0.2, -0.15) is 0 Å². The van der Waals surface area contributed by atoms with E-state index in [1.165, 1.54) is 6.92 Å². The van der Waals surface area contributed by atoms with Gasteiger partial charge < -0.3 is 15.7 Å². The summed E-state index contributed by atoms with van der Waals surface area (Å²) in [7, 11) is 0. The van der Waals surface area contributed by atoms with Gasteiger partial charge in [-0.3, -0.25) is 9.59 Å². The molecule has 92 valence electrons. The van der Waals surface area contributed by atoms with E-state index < -0.39 is 6.04 Å². The Kier molecular flexibility index (Phi) is 4.29. The number of aliphatic hydroxyl groups excluding tert-OH is 1. The molecule has 5 heteroatoms. The van der Waals surface area contributed by atoms with E-state index in [9.17, 15) is 9.59 Å². The van der Waals surface area contributed by atoms with Crippen LogP contribution in [0.5, 0.6) is 0 Å². The lowest BCUT2D eigenvalue weighted by Gasteiger charge is -2.17. The normalized spacial score (nSPS) is 18.7. The predicted molar refractivity (Wildman–Crippen MR) is 59.7 cm³/mol. The summed E-state index contributed by atoms with van der Waals surface area (Å²) in [4.78, 5) is 22.3. The first-order valence-electron chi connectivity index (χ1n) is 5.65. The molecule has 0 aromatic carbocycles. The van der Waals surface area contributed by atoms with Crippen molar-refractivity contribution in [2.75, 3.05) is 13.2 Å². The molecule has 16 heavy (non-hydrogen) atoms. The van der Waals surface area contributed by atoms with Crippen LogP contribution >= 0.6 is 0 Å². The van der Waals surface area contributed by atoms with Crippen molar-refractivity contribution in [1.82, 2.24) is 10.6 Å². The molecule has 1 saturated carbocycles. The summed E-state index contributed by atoms with van der Waals surface area (Å²) in [5.74, 6) is -0.376. The van der Waals surface area contributed by atoms with Crippen LogP contribution in [-0.2, 0) is 9.59 Å². The molecule has 1 aliphatic rings. The molecule has 1 rings (SSSR count). The summed E-state index contributed by atoms with van der Waals surface area (Å²) >= 11 is 0. The summed E-state index contributed by atoms with van der Waals surface area (Å²) < 4.78 is 0. The lowest BCUT2D eigenvalue weighted by Crippen LogP contribution is -2.45. The molecule has 0 spiro atoms. The number of carbonyl (C=O) groups is 2. The molecule has 5 nitrogen and oxygen atoms in total. The van der Waals surface area contributed by atoms with E-state index in [1.54, 1.807) is 6.92 Å². The first-order valence-corrected chi connectivity index (χ1v) is 5.65. The topological polar surface area (TPSA) is 78.4 Å². The van der Waals surface area contributed by atoms with Crippen molar-refractivity contribution in [3.05, 3.63) is 0 Å².